The largest absolute Gasteiger partial charge is 0.397 e. The molecule has 0 spiro atoms. The number of nitro groups is 1. The molecule has 3 N–H and O–H groups in total. The Hall–Kier alpha value is -2.31. The molecule has 1 rings (SSSR count). The number of nitrogens with one attached hydrogen (secondary N) is 1. The molecular weight excluding hydrogens is 248 g/mol. The van der Waals surface area contributed by atoms with Crippen LogP contribution in [0.15, 0.2) is 18.2 Å². The first-order valence-electron chi connectivity index (χ1n) is 6.05. The van der Waals surface area contributed by atoms with Crippen LogP contribution in [0.3, 0.4) is 0 Å². The molecule has 1 amide bonds. The molecule has 0 heterocycles. The minimum Gasteiger partial charge on any atom is -0.397 e. The monoisotopic (exact) mass is 266 g/mol. The van der Waals surface area contributed by atoms with Crippen LogP contribution in [0.1, 0.15) is 13.8 Å². The van der Waals surface area contributed by atoms with Crippen molar-refractivity contribution in [2.75, 3.05) is 30.3 Å². The minimum absolute atomic E-state index is 0.0599. The van der Waals surface area contributed by atoms with Gasteiger partial charge in [-0.3, -0.25) is 14.9 Å². The molecule has 0 aliphatic rings. The van der Waals surface area contributed by atoms with Crippen LogP contribution in [-0.4, -0.2) is 30.5 Å². The molecule has 0 aromatic heterocycles. The number of carbonyl (C=O) groups is 1. The lowest BCUT2D eigenvalue weighted by Gasteiger charge is -2.23. The van der Waals surface area contributed by atoms with Gasteiger partial charge in [0.05, 0.1) is 22.8 Å². The van der Waals surface area contributed by atoms with Crippen molar-refractivity contribution in [3.05, 3.63) is 28.3 Å². The average Bonchev–Trinajstić information content (AvgIpc) is 2.36. The van der Waals surface area contributed by atoms with Gasteiger partial charge in [0.1, 0.15) is 0 Å². The summed E-state index contributed by atoms with van der Waals surface area (Å²) in [4.78, 5) is 23.5. The van der Waals surface area contributed by atoms with Crippen molar-refractivity contribution in [3.8, 4) is 0 Å². The summed E-state index contributed by atoms with van der Waals surface area (Å²) in [6, 6.07) is 4.25. The summed E-state index contributed by atoms with van der Waals surface area (Å²) >= 11 is 0. The van der Waals surface area contributed by atoms with Crippen LogP contribution in [0.25, 0.3) is 0 Å². The van der Waals surface area contributed by atoms with Gasteiger partial charge in [-0.2, -0.15) is 0 Å². The maximum atomic E-state index is 11.6. The summed E-state index contributed by atoms with van der Waals surface area (Å²) in [5, 5.41) is 13.3. The summed E-state index contributed by atoms with van der Waals surface area (Å²) in [6.45, 7) is 5.05. The molecule has 1 aromatic rings. The Balaban J connectivity index is 2.92. The van der Waals surface area contributed by atoms with E-state index in [2.05, 4.69) is 5.32 Å². The zero-order valence-corrected chi connectivity index (χ0v) is 11.0. The van der Waals surface area contributed by atoms with E-state index in [0.29, 0.717) is 24.5 Å². The molecule has 7 nitrogen and oxygen atoms in total. The van der Waals surface area contributed by atoms with Gasteiger partial charge < -0.3 is 16.0 Å². The topological polar surface area (TPSA) is 102 Å². The SMILES string of the molecule is CCNC(=O)CN(CC)c1ccc([N+](=O)[O-])cc1N. The van der Waals surface area contributed by atoms with E-state index in [-0.39, 0.29) is 18.1 Å². The Bertz CT molecular complexity index is 476. The number of anilines is 2. The van der Waals surface area contributed by atoms with Crippen molar-refractivity contribution >= 4 is 23.0 Å². The van der Waals surface area contributed by atoms with Crippen LogP contribution in [-0.2, 0) is 4.79 Å². The van der Waals surface area contributed by atoms with E-state index in [1.807, 2.05) is 13.8 Å². The highest BCUT2D eigenvalue weighted by Gasteiger charge is 2.15. The predicted octanol–water partition coefficient (Wildman–Crippen LogP) is 1.14. The number of likely N-dealkylation sites (N-methyl/N-ethyl adjacent to an activating group) is 2. The molecule has 0 unspecified atom stereocenters. The molecule has 1 aromatic carbocycles. The first kappa shape index (κ1) is 14.7. The number of nitrogens with zero attached hydrogens (tertiary/aromatic N) is 2. The average molecular weight is 266 g/mol. The van der Waals surface area contributed by atoms with E-state index in [9.17, 15) is 14.9 Å². The first-order chi connectivity index (χ1) is 8.99. The number of rotatable bonds is 6. The lowest BCUT2D eigenvalue weighted by Crippen LogP contribution is -2.37. The molecule has 104 valence electrons. The van der Waals surface area contributed by atoms with Crippen LogP contribution in [0, 0.1) is 10.1 Å². The van der Waals surface area contributed by atoms with Gasteiger partial charge >= 0.3 is 0 Å². The molecule has 0 fully saturated rings. The molecule has 0 radical (unpaired) electrons. The number of nitro benzene ring substituents is 1. The number of hydrogen-bond donors (Lipinski definition) is 2. The van der Waals surface area contributed by atoms with Crippen LogP contribution < -0.4 is 16.0 Å². The summed E-state index contributed by atoms with van der Waals surface area (Å²) in [7, 11) is 0. The van der Waals surface area contributed by atoms with Crippen molar-refractivity contribution in [3.63, 3.8) is 0 Å². The molecule has 0 saturated carbocycles. The second-order valence-corrected chi connectivity index (χ2v) is 3.97. The Labute approximate surface area is 111 Å². The van der Waals surface area contributed by atoms with E-state index < -0.39 is 4.92 Å². The molecule has 0 atom stereocenters. The molecule has 0 bridgehead atoms. The van der Waals surface area contributed by atoms with E-state index in [0.717, 1.165) is 0 Å². The summed E-state index contributed by atoms with van der Waals surface area (Å²) in [5.41, 5.74) is 6.66. The fourth-order valence-electron chi connectivity index (χ4n) is 1.74. The third-order valence-corrected chi connectivity index (χ3v) is 2.65. The second-order valence-electron chi connectivity index (χ2n) is 3.97. The highest BCUT2D eigenvalue weighted by molar-refractivity contribution is 5.83. The lowest BCUT2D eigenvalue weighted by atomic mass is 10.2. The van der Waals surface area contributed by atoms with E-state index in [1.165, 1.54) is 12.1 Å². The van der Waals surface area contributed by atoms with Crippen molar-refractivity contribution in [1.29, 1.82) is 0 Å². The lowest BCUT2D eigenvalue weighted by molar-refractivity contribution is -0.384. The van der Waals surface area contributed by atoms with E-state index in [1.54, 1.807) is 11.0 Å². The Morgan fingerprint density at radius 3 is 2.63 bits per heavy atom. The molecular formula is C12H18N4O3. The molecule has 0 aliphatic carbocycles. The molecule has 0 saturated heterocycles. The number of hydrogen-bond acceptors (Lipinski definition) is 5. The number of nitrogens with two attached hydrogens (primary N) is 1. The third-order valence-electron chi connectivity index (χ3n) is 2.65. The van der Waals surface area contributed by atoms with Crippen molar-refractivity contribution in [2.24, 2.45) is 0 Å². The van der Waals surface area contributed by atoms with Crippen molar-refractivity contribution in [1.82, 2.24) is 5.32 Å². The van der Waals surface area contributed by atoms with Gasteiger partial charge in [0, 0.05) is 25.2 Å². The van der Waals surface area contributed by atoms with Crippen molar-refractivity contribution in [2.45, 2.75) is 13.8 Å². The van der Waals surface area contributed by atoms with Gasteiger partial charge in [0.25, 0.3) is 5.69 Å². The highest BCUT2D eigenvalue weighted by atomic mass is 16.6. The third kappa shape index (κ3) is 3.84. The van der Waals surface area contributed by atoms with Gasteiger partial charge in [0.2, 0.25) is 5.91 Å². The fourth-order valence-corrected chi connectivity index (χ4v) is 1.74. The van der Waals surface area contributed by atoms with Crippen LogP contribution in [0.5, 0.6) is 0 Å². The Kier molecular flexibility index (Phi) is 5.11. The van der Waals surface area contributed by atoms with Crippen molar-refractivity contribution < 1.29 is 9.72 Å². The summed E-state index contributed by atoms with van der Waals surface area (Å²) in [5.74, 6) is -0.109. The van der Waals surface area contributed by atoms with Gasteiger partial charge in [-0.15, -0.1) is 0 Å². The number of nitrogen functional groups attached to an aromatic ring is 1. The predicted molar refractivity (Wildman–Crippen MR) is 74.1 cm³/mol. The van der Waals surface area contributed by atoms with Crippen LogP contribution in [0.2, 0.25) is 0 Å². The van der Waals surface area contributed by atoms with Gasteiger partial charge in [-0.05, 0) is 19.9 Å². The quantitative estimate of drug-likeness (QED) is 0.456. The summed E-state index contributed by atoms with van der Waals surface area (Å²) in [6.07, 6.45) is 0. The second kappa shape index (κ2) is 6.58. The van der Waals surface area contributed by atoms with Crippen LogP contribution >= 0.6 is 0 Å². The van der Waals surface area contributed by atoms with E-state index in [4.69, 9.17) is 5.73 Å². The normalized spacial score (nSPS) is 10.0. The van der Waals surface area contributed by atoms with E-state index >= 15 is 0 Å². The van der Waals surface area contributed by atoms with Crippen LogP contribution in [0.4, 0.5) is 17.1 Å². The number of non-ortho nitro benzene ring substituents is 1. The standard InChI is InChI=1S/C12H18N4O3/c1-3-14-12(17)8-15(4-2)11-6-5-9(16(18)19)7-10(11)13/h5-7H,3-4,8,13H2,1-2H3,(H,14,17). The maximum absolute atomic E-state index is 11.6. The smallest absolute Gasteiger partial charge is 0.271 e. The molecule has 0 aliphatic heterocycles. The minimum atomic E-state index is -0.500. The molecule has 7 heteroatoms. The Morgan fingerprint density at radius 2 is 2.16 bits per heavy atom. The first-order valence-corrected chi connectivity index (χ1v) is 6.05. The highest BCUT2D eigenvalue weighted by Crippen LogP contribution is 2.27. The number of benzene rings is 1. The van der Waals surface area contributed by atoms with Gasteiger partial charge in [0.15, 0.2) is 0 Å². The number of amides is 1. The van der Waals surface area contributed by atoms with Gasteiger partial charge in [-0.1, -0.05) is 0 Å². The molecule has 19 heavy (non-hydrogen) atoms. The number of carbonyl (C=O) groups excluding carboxylic acids is 1. The Morgan fingerprint density at radius 1 is 1.47 bits per heavy atom. The van der Waals surface area contributed by atoms with Gasteiger partial charge in [-0.25, -0.2) is 0 Å². The maximum Gasteiger partial charge on any atom is 0.271 e. The summed E-state index contributed by atoms with van der Waals surface area (Å²) < 4.78 is 0. The fraction of sp³-hybridized carbons (Fsp3) is 0.417. The zero-order valence-electron chi connectivity index (χ0n) is 11.0. The zero-order chi connectivity index (χ0) is 14.4.